The van der Waals surface area contributed by atoms with Crippen LogP contribution in [0.3, 0.4) is 0 Å². The molecule has 0 radical (unpaired) electrons. The summed E-state index contributed by atoms with van der Waals surface area (Å²) in [6.45, 7) is 8.61. The molecule has 23 heavy (non-hydrogen) atoms. The molecule has 1 aromatic rings. The molecule has 0 saturated heterocycles. The second-order valence-corrected chi connectivity index (χ2v) is 7.37. The van der Waals surface area contributed by atoms with E-state index in [9.17, 15) is 4.79 Å². The largest absolute Gasteiger partial charge is 0.495 e. The molecule has 3 heteroatoms. The minimum Gasteiger partial charge on any atom is -0.495 e. The molecule has 0 saturated carbocycles. The molecule has 2 rings (SSSR count). The fourth-order valence-corrected chi connectivity index (χ4v) is 3.77. The Kier molecular flexibility index (Phi) is 5.51. The maximum absolute atomic E-state index is 12.9. The molecule has 0 aliphatic heterocycles. The van der Waals surface area contributed by atoms with Gasteiger partial charge in [0.2, 0.25) is 0 Å². The van der Waals surface area contributed by atoms with E-state index in [4.69, 9.17) is 4.74 Å². The van der Waals surface area contributed by atoms with E-state index in [0.29, 0.717) is 18.1 Å². The Hall–Kier alpha value is -1.77. The zero-order chi connectivity index (χ0) is 17.0. The summed E-state index contributed by atoms with van der Waals surface area (Å²) < 4.78 is 5.36. The summed E-state index contributed by atoms with van der Waals surface area (Å²) in [4.78, 5) is 12.9. The fourth-order valence-electron chi connectivity index (χ4n) is 3.77. The fraction of sp³-hybridized carbons (Fsp3) is 0.550. The monoisotopic (exact) mass is 315 g/mol. The average molecular weight is 315 g/mol. The summed E-state index contributed by atoms with van der Waals surface area (Å²) in [6.07, 6.45) is 5.91. The second-order valence-electron chi connectivity index (χ2n) is 7.37. The van der Waals surface area contributed by atoms with Crippen LogP contribution in [0.5, 0.6) is 5.75 Å². The molecule has 1 aromatic carbocycles. The Morgan fingerprint density at radius 3 is 2.74 bits per heavy atom. The van der Waals surface area contributed by atoms with Crippen LogP contribution in [-0.2, 0) is 4.79 Å². The SMILES string of the molecule is COc1ccccc1N[C@H](C)CC(=O)[C@H]1[C@H](C)C=CCC1(C)C. The minimum absolute atomic E-state index is 0.0371. The van der Waals surface area contributed by atoms with Gasteiger partial charge in [-0.2, -0.15) is 0 Å². The highest BCUT2D eigenvalue weighted by atomic mass is 16.5. The number of carbonyl (C=O) groups excluding carboxylic acids is 1. The molecule has 1 N–H and O–H groups in total. The van der Waals surface area contributed by atoms with Crippen LogP contribution in [0.25, 0.3) is 0 Å². The first-order chi connectivity index (χ1) is 10.8. The highest BCUT2D eigenvalue weighted by Crippen LogP contribution is 2.41. The van der Waals surface area contributed by atoms with E-state index in [1.54, 1.807) is 7.11 Å². The smallest absolute Gasteiger partial charge is 0.141 e. The number of hydrogen-bond acceptors (Lipinski definition) is 3. The summed E-state index contributed by atoms with van der Waals surface area (Å²) in [5.41, 5.74) is 0.973. The summed E-state index contributed by atoms with van der Waals surface area (Å²) >= 11 is 0. The van der Waals surface area contributed by atoms with Gasteiger partial charge in [-0.25, -0.2) is 0 Å². The number of Topliss-reactive ketones (excluding diaryl/α,β-unsaturated/α-hetero) is 1. The molecule has 0 aromatic heterocycles. The van der Waals surface area contributed by atoms with Crippen molar-refractivity contribution in [2.75, 3.05) is 12.4 Å². The van der Waals surface area contributed by atoms with Gasteiger partial charge in [0.05, 0.1) is 12.8 Å². The molecular formula is C20H29NO2. The van der Waals surface area contributed by atoms with Gasteiger partial charge in [0, 0.05) is 18.4 Å². The molecule has 0 amide bonds. The third kappa shape index (κ3) is 4.15. The quantitative estimate of drug-likeness (QED) is 0.774. The third-order valence-electron chi connectivity index (χ3n) is 4.81. The van der Waals surface area contributed by atoms with Gasteiger partial charge in [0.15, 0.2) is 0 Å². The Bertz CT molecular complexity index is 577. The number of benzene rings is 1. The van der Waals surface area contributed by atoms with Gasteiger partial charge < -0.3 is 10.1 Å². The van der Waals surface area contributed by atoms with E-state index in [1.807, 2.05) is 24.3 Å². The molecule has 0 bridgehead atoms. The van der Waals surface area contributed by atoms with Gasteiger partial charge in [0.25, 0.3) is 0 Å². The Labute approximate surface area is 140 Å². The topological polar surface area (TPSA) is 38.3 Å². The highest BCUT2D eigenvalue weighted by Gasteiger charge is 2.39. The van der Waals surface area contributed by atoms with Crippen LogP contribution in [0, 0.1) is 17.3 Å². The van der Waals surface area contributed by atoms with Crippen molar-refractivity contribution < 1.29 is 9.53 Å². The van der Waals surface area contributed by atoms with E-state index < -0.39 is 0 Å². The van der Waals surface area contributed by atoms with Crippen molar-refractivity contribution in [3.8, 4) is 5.75 Å². The third-order valence-corrected chi connectivity index (χ3v) is 4.81. The first-order valence-corrected chi connectivity index (χ1v) is 8.44. The molecule has 0 fully saturated rings. The molecule has 1 aliphatic rings. The number of methoxy groups -OCH3 is 1. The lowest BCUT2D eigenvalue weighted by atomic mass is 9.64. The van der Waals surface area contributed by atoms with Crippen LogP contribution in [0.4, 0.5) is 5.69 Å². The van der Waals surface area contributed by atoms with Crippen molar-refractivity contribution in [3.05, 3.63) is 36.4 Å². The van der Waals surface area contributed by atoms with E-state index in [-0.39, 0.29) is 17.4 Å². The van der Waals surface area contributed by atoms with Crippen molar-refractivity contribution in [1.29, 1.82) is 0 Å². The number of rotatable bonds is 6. The van der Waals surface area contributed by atoms with Crippen molar-refractivity contribution >= 4 is 11.5 Å². The Morgan fingerprint density at radius 2 is 2.09 bits per heavy atom. The normalized spacial score (nSPS) is 24.0. The Morgan fingerprint density at radius 1 is 1.39 bits per heavy atom. The first-order valence-electron chi connectivity index (χ1n) is 8.44. The van der Waals surface area contributed by atoms with Gasteiger partial charge in [0.1, 0.15) is 11.5 Å². The van der Waals surface area contributed by atoms with E-state index in [0.717, 1.165) is 17.9 Å². The van der Waals surface area contributed by atoms with Crippen LogP contribution >= 0.6 is 0 Å². The minimum atomic E-state index is 0.0371. The van der Waals surface area contributed by atoms with E-state index in [1.165, 1.54) is 0 Å². The summed E-state index contributed by atoms with van der Waals surface area (Å²) in [5, 5.41) is 3.41. The van der Waals surface area contributed by atoms with Crippen LogP contribution in [0.1, 0.15) is 40.5 Å². The maximum atomic E-state index is 12.9. The Balaban J connectivity index is 2.03. The molecule has 3 nitrogen and oxygen atoms in total. The molecular weight excluding hydrogens is 286 g/mol. The predicted octanol–water partition coefficient (Wildman–Crippen LogP) is 4.69. The molecule has 1 aliphatic carbocycles. The number of allylic oxidation sites excluding steroid dienone is 2. The molecule has 3 atom stereocenters. The standard InChI is InChI=1S/C20H29NO2/c1-14-9-8-12-20(3,4)19(14)17(22)13-15(2)21-16-10-6-7-11-18(16)23-5/h6-11,14-15,19,21H,12-13H2,1-5H3/t14-,15-,19-/m1/s1. The number of ether oxygens (including phenoxy) is 1. The van der Waals surface area contributed by atoms with Crippen molar-refractivity contribution in [2.45, 2.75) is 46.6 Å². The van der Waals surface area contributed by atoms with Gasteiger partial charge in [-0.15, -0.1) is 0 Å². The van der Waals surface area contributed by atoms with E-state index >= 15 is 0 Å². The van der Waals surface area contributed by atoms with Crippen LogP contribution in [-0.4, -0.2) is 18.9 Å². The lowest BCUT2D eigenvalue weighted by Crippen LogP contribution is -2.39. The van der Waals surface area contributed by atoms with Crippen LogP contribution in [0.15, 0.2) is 36.4 Å². The highest BCUT2D eigenvalue weighted by molar-refractivity contribution is 5.83. The van der Waals surface area contributed by atoms with Gasteiger partial charge in [-0.3, -0.25) is 4.79 Å². The zero-order valence-electron chi connectivity index (χ0n) is 14.9. The molecule has 0 spiro atoms. The summed E-state index contributed by atoms with van der Waals surface area (Å²) in [6, 6.07) is 7.89. The number of nitrogens with one attached hydrogen (secondary N) is 1. The second kappa shape index (κ2) is 7.20. The van der Waals surface area contributed by atoms with Crippen molar-refractivity contribution in [2.24, 2.45) is 17.3 Å². The summed E-state index contributed by atoms with van der Waals surface area (Å²) in [7, 11) is 1.66. The number of anilines is 1. The van der Waals surface area contributed by atoms with Crippen LogP contribution < -0.4 is 10.1 Å². The van der Waals surface area contributed by atoms with Gasteiger partial charge in [-0.1, -0.05) is 45.1 Å². The number of carbonyl (C=O) groups is 1. The van der Waals surface area contributed by atoms with Crippen molar-refractivity contribution in [1.82, 2.24) is 0 Å². The van der Waals surface area contributed by atoms with Crippen molar-refractivity contribution in [3.63, 3.8) is 0 Å². The molecule has 0 heterocycles. The van der Waals surface area contributed by atoms with E-state index in [2.05, 4.69) is 45.2 Å². The average Bonchev–Trinajstić information content (AvgIpc) is 2.46. The number of hydrogen-bond donors (Lipinski definition) is 1. The molecule has 0 unspecified atom stereocenters. The lowest BCUT2D eigenvalue weighted by molar-refractivity contribution is -0.128. The summed E-state index contributed by atoms with van der Waals surface area (Å²) in [5.74, 6) is 1.56. The van der Waals surface area contributed by atoms with Gasteiger partial charge in [-0.05, 0) is 36.8 Å². The molecule has 126 valence electrons. The maximum Gasteiger partial charge on any atom is 0.141 e. The zero-order valence-corrected chi connectivity index (χ0v) is 14.9. The predicted molar refractivity (Wildman–Crippen MR) is 95.9 cm³/mol. The van der Waals surface area contributed by atoms with Crippen LogP contribution in [0.2, 0.25) is 0 Å². The first kappa shape index (κ1) is 17.6. The number of ketones is 1. The number of para-hydroxylation sites is 2. The van der Waals surface area contributed by atoms with Gasteiger partial charge >= 0.3 is 0 Å². The lowest BCUT2D eigenvalue weighted by Gasteiger charge is -2.39.